The summed E-state index contributed by atoms with van der Waals surface area (Å²) in [5.74, 6) is 6.91. The average Bonchev–Trinajstić information content (AvgIpc) is 2.35. The summed E-state index contributed by atoms with van der Waals surface area (Å²) in [7, 11) is 0. The predicted molar refractivity (Wildman–Crippen MR) is 70.5 cm³/mol. The Hall–Kier alpha value is -0.810. The third-order valence-electron chi connectivity index (χ3n) is 3.26. The van der Waals surface area contributed by atoms with Crippen molar-refractivity contribution in [2.75, 3.05) is 26.2 Å². The molecular weight excluding hydrogens is 216 g/mol. The molecule has 0 aromatic rings. The maximum atomic E-state index is 8.98. The van der Waals surface area contributed by atoms with Crippen molar-refractivity contribution in [2.45, 2.75) is 39.0 Å². The van der Waals surface area contributed by atoms with Crippen LogP contribution in [0.4, 0.5) is 0 Å². The Morgan fingerprint density at radius 1 is 1.59 bits per heavy atom. The number of nitrogens with one attached hydrogen (secondary N) is 1. The lowest BCUT2D eigenvalue weighted by Gasteiger charge is -2.34. The molecule has 5 nitrogen and oxygen atoms in total. The van der Waals surface area contributed by atoms with Gasteiger partial charge in [0.2, 0.25) is 5.96 Å². The number of nitrogens with zero attached hydrogens (tertiary/aromatic N) is 2. The highest BCUT2D eigenvalue weighted by atomic mass is 16.3. The van der Waals surface area contributed by atoms with Crippen LogP contribution in [0.25, 0.3) is 0 Å². The molecule has 1 heterocycles. The van der Waals surface area contributed by atoms with Crippen LogP contribution in [-0.2, 0) is 0 Å². The number of guanidine groups is 1. The number of unbranched alkanes of at least 4 members (excludes halogenated alkanes) is 1. The second kappa shape index (κ2) is 8.31. The third kappa shape index (κ3) is 4.91. The Labute approximate surface area is 104 Å². The Bertz CT molecular complexity index is 231. The van der Waals surface area contributed by atoms with Crippen LogP contribution in [0, 0.1) is 5.92 Å². The van der Waals surface area contributed by atoms with Crippen LogP contribution in [-0.4, -0.2) is 42.2 Å². The molecule has 0 bridgehead atoms. The van der Waals surface area contributed by atoms with Crippen molar-refractivity contribution in [1.82, 2.24) is 10.3 Å². The van der Waals surface area contributed by atoms with E-state index < -0.39 is 0 Å². The van der Waals surface area contributed by atoms with Gasteiger partial charge < -0.3 is 10.0 Å². The summed E-state index contributed by atoms with van der Waals surface area (Å²) in [6.07, 6.45) is 5.47. The van der Waals surface area contributed by atoms with E-state index in [1.807, 2.05) is 0 Å². The van der Waals surface area contributed by atoms with Gasteiger partial charge in [0, 0.05) is 26.2 Å². The van der Waals surface area contributed by atoms with Gasteiger partial charge in [-0.1, -0.05) is 13.3 Å². The molecule has 0 saturated carbocycles. The zero-order chi connectivity index (χ0) is 12.5. The molecule has 1 saturated heterocycles. The van der Waals surface area contributed by atoms with E-state index in [1.54, 1.807) is 0 Å². The minimum absolute atomic E-state index is 0.275. The highest BCUT2D eigenvalue weighted by Gasteiger charge is 2.21. The standard InChI is InChI=1S/C12H26N4O/c1-2-3-7-14-12(15-13)16-8-4-5-11(10-16)6-9-17/h11,17H,2-10,13H2,1H3,(H,14,15). The summed E-state index contributed by atoms with van der Waals surface area (Å²) < 4.78 is 0. The summed E-state index contributed by atoms with van der Waals surface area (Å²) in [6.45, 7) is 5.23. The largest absolute Gasteiger partial charge is 0.396 e. The van der Waals surface area contributed by atoms with E-state index >= 15 is 0 Å². The molecule has 0 aromatic carbocycles. The van der Waals surface area contributed by atoms with Gasteiger partial charge in [0.25, 0.3) is 0 Å². The van der Waals surface area contributed by atoms with E-state index in [1.165, 1.54) is 6.42 Å². The number of nitrogens with two attached hydrogens (primary N) is 1. The van der Waals surface area contributed by atoms with E-state index in [0.29, 0.717) is 5.92 Å². The number of likely N-dealkylation sites (tertiary alicyclic amines) is 1. The molecule has 1 rings (SSSR count). The zero-order valence-electron chi connectivity index (χ0n) is 10.9. The maximum Gasteiger partial charge on any atom is 0.208 e. The van der Waals surface area contributed by atoms with Crippen molar-refractivity contribution in [1.29, 1.82) is 0 Å². The first-order chi connectivity index (χ1) is 8.31. The van der Waals surface area contributed by atoms with Gasteiger partial charge in [-0.3, -0.25) is 10.4 Å². The second-order valence-electron chi connectivity index (χ2n) is 4.67. The number of aliphatic hydroxyl groups is 1. The van der Waals surface area contributed by atoms with E-state index in [0.717, 1.165) is 51.3 Å². The molecule has 1 atom stereocenters. The van der Waals surface area contributed by atoms with Crippen LogP contribution >= 0.6 is 0 Å². The number of rotatable bonds is 5. The van der Waals surface area contributed by atoms with E-state index in [9.17, 15) is 0 Å². The molecule has 1 fully saturated rings. The minimum Gasteiger partial charge on any atom is -0.396 e. The topological polar surface area (TPSA) is 73.9 Å². The molecule has 0 aliphatic carbocycles. The number of aliphatic imine (C=N–C) groups is 1. The zero-order valence-corrected chi connectivity index (χ0v) is 10.9. The number of hydrazine groups is 1. The monoisotopic (exact) mass is 242 g/mol. The predicted octanol–water partition coefficient (Wildman–Crippen LogP) is 0.700. The summed E-state index contributed by atoms with van der Waals surface area (Å²) in [5, 5.41) is 8.98. The highest BCUT2D eigenvalue weighted by molar-refractivity contribution is 5.79. The van der Waals surface area contributed by atoms with Crippen LogP contribution in [0.3, 0.4) is 0 Å². The Morgan fingerprint density at radius 3 is 3.06 bits per heavy atom. The lowest BCUT2D eigenvalue weighted by Crippen LogP contribution is -2.49. The summed E-state index contributed by atoms with van der Waals surface area (Å²) in [5.41, 5.74) is 2.71. The molecule has 0 spiro atoms. The molecule has 17 heavy (non-hydrogen) atoms. The fraction of sp³-hybridized carbons (Fsp3) is 0.917. The highest BCUT2D eigenvalue weighted by Crippen LogP contribution is 2.19. The molecule has 0 amide bonds. The number of hydrogen-bond donors (Lipinski definition) is 3. The van der Waals surface area contributed by atoms with Crippen molar-refractivity contribution in [3.05, 3.63) is 0 Å². The van der Waals surface area contributed by atoms with Crippen LogP contribution in [0.5, 0.6) is 0 Å². The molecule has 1 unspecified atom stereocenters. The molecule has 4 N–H and O–H groups in total. The van der Waals surface area contributed by atoms with Gasteiger partial charge in [0.05, 0.1) is 0 Å². The van der Waals surface area contributed by atoms with Crippen molar-refractivity contribution in [3.8, 4) is 0 Å². The van der Waals surface area contributed by atoms with Gasteiger partial charge in [0.15, 0.2) is 0 Å². The first kappa shape index (κ1) is 14.3. The second-order valence-corrected chi connectivity index (χ2v) is 4.67. The van der Waals surface area contributed by atoms with Crippen molar-refractivity contribution >= 4 is 5.96 Å². The fourth-order valence-electron chi connectivity index (χ4n) is 2.26. The first-order valence-electron chi connectivity index (χ1n) is 6.68. The number of hydrogen-bond acceptors (Lipinski definition) is 3. The van der Waals surface area contributed by atoms with Crippen LogP contribution in [0.2, 0.25) is 0 Å². The van der Waals surface area contributed by atoms with Gasteiger partial charge in [-0.2, -0.15) is 0 Å². The molecular formula is C12H26N4O. The fourth-order valence-corrected chi connectivity index (χ4v) is 2.26. The van der Waals surface area contributed by atoms with Gasteiger partial charge in [-0.15, -0.1) is 0 Å². The van der Waals surface area contributed by atoms with Crippen molar-refractivity contribution in [3.63, 3.8) is 0 Å². The summed E-state index contributed by atoms with van der Waals surface area (Å²) >= 11 is 0. The number of aliphatic hydroxyl groups excluding tert-OH is 1. The quantitative estimate of drug-likeness (QED) is 0.218. The normalized spacial score (nSPS) is 21.7. The summed E-state index contributed by atoms with van der Waals surface area (Å²) in [4.78, 5) is 6.70. The average molecular weight is 242 g/mol. The van der Waals surface area contributed by atoms with E-state index in [4.69, 9.17) is 10.9 Å². The smallest absolute Gasteiger partial charge is 0.208 e. The lowest BCUT2D eigenvalue weighted by molar-refractivity contribution is 0.195. The minimum atomic E-state index is 0.275. The van der Waals surface area contributed by atoms with Gasteiger partial charge in [-0.25, -0.2) is 5.84 Å². The molecule has 100 valence electrons. The molecule has 5 heteroatoms. The number of piperidine rings is 1. The molecule has 0 radical (unpaired) electrons. The lowest BCUT2D eigenvalue weighted by atomic mass is 9.95. The summed E-state index contributed by atoms with van der Waals surface area (Å²) in [6, 6.07) is 0. The molecule has 0 aromatic heterocycles. The maximum absolute atomic E-state index is 8.98. The first-order valence-corrected chi connectivity index (χ1v) is 6.68. The molecule has 1 aliphatic heterocycles. The Kier molecular flexibility index (Phi) is 6.96. The van der Waals surface area contributed by atoms with Crippen LogP contribution < -0.4 is 11.3 Å². The Balaban J connectivity index is 2.47. The van der Waals surface area contributed by atoms with Crippen LogP contribution in [0.1, 0.15) is 39.0 Å². The van der Waals surface area contributed by atoms with Crippen molar-refractivity contribution < 1.29 is 5.11 Å². The Morgan fingerprint density at radius 2 is 2.41 bits per heavy atom. The van der Waals surface area contributed by atoms with E-state index in [-0.39, 0.29) is 6.61 Å². The van der Waals surface area contributed by atoms with Crippen LogP contribution in [0.15, 0.2) is 4.99 Å². The third-order valence-corrected chi connectivity index (χ3v) is 3.26. The SMILES string of the molecule is CCCCN=C(NN)N1CCCC(CCO)C1. The van der Waals surface area contributed by atoms with Gasteiger partial charge in [0.1, 0.15) is 0 Å². The van der Waals surface area contributed by atoms with Gasteiger partial charge in [-0.05, 0) is 31.6 Å². The van der Waals surface area contributed by atoms with E-state index in [2.05, 4.69) is 22.2 Å². The van der Waals surface area contributed by atoms with Gasteiger partial charge >= 0.3 is 0 Å². The molecule has 1 aliphatic rings. The van der Waals surface area contributed by atoms with Crippen molar-refractivity contribution in [2.24, 2.45) is 16.8 Å².